The van der Waals surface area contributed by atoms with Gasteiger partial charge in [0.15, 0.2) is 0 Å². The van der Waals surface area contributed by atoms with Crippen LogP contribution in [-0.4, -0.2) is 38.0 Å². The number of halogens is 2. The molecule has 2 fully saturated rings. The Kier molecular flexibility index (Phi) is 5.07. The molecule has 8 heteroatoms. The van der Waals surface area contributed by atoms with Crippen molar-refractivity contribution < 1.29 is 9.50 Å². The van der Waals surface area contributed by atoms with Gasteiger partial charge in [0.1, 0.15) is 22.1 Å². The molecule has 2 aliphatic carbocycles. The highest BCUT2D eigenvalue weighted by Crippen LogP contribution is 2.46. The number of nitrogens with one attached hydrogen (secondary N) is 1. The van der Waals surface area contributed by atoms with Crippen molar-refractivity contribution in [3.8, 4) is 21.7 Å². The number of benzene rings is 1. The molecule has 2 N–H and O–H groups in total. The average molecular weight is 483 g/mol. The Hall–Kier alpha value is -2.32. The van der Waals surface area contributed by atoms with E-state index in [-0.39, 0.29) is 5.82 Å². The summed E-state index contributed by atoms with van der Waals surface area (Å²) in [5, 5.41) is 12.8. The van der Waals surface area contributed by atoms with Crippen LogP contribution in [0.1, 0.15) is 42.7 Å². The maximum absolute atomic E-state index is 14.9. The summed E-state index contributed by atoms with van der Waals surface area (Å²) in [6.07, 6.45) is 8.28. The van der Waals surface area contributed by atoms with E-state index in [0.717, 1.165) is 51.4 Å². The van der Waals surface area contributed by atoms with Crippen molar-refractivity contribution in [3.05, 3.63) is 58.1 Å². The standard InChI is InChI=1S/C25H24ClFN4OS/c1-31(16-5-6-16)13-15-4-3-14(9-19(15)27)20-10-17-22(18(26)11-28-23(17)30-20)21-12-29-24(33-21)25(32)7-2-8-25/h3-4,9-12,16,32H,2,5-8,13H2,1H3,(H,28,30). The second kappa shape index (κ2) is 7.87. The summed E-state index contributed by atoms with van der Waals surface area (Å²) in [7, 11) is 2.05. The Balaban J connectivity index is 1.36. The highest BCUT2D eigenvalue weighted by molar-refractivity contribution is 7.15. The molecule has 0 radical (unpaired) electrons. The van der Waals surface area contributed by atoms with Crippen molar-refractivity contribution >= 4 is 34.0 Å². The number of rotatable bonds is 6. The van der Waals surface area contributed by atoms with Crippen LogP contribution in [0, 0.1) is 5.82 Å². The molecule has 1 aromatic carbocycles. The zero-order valence-electron chi connectivity index (χ0n) is 18.2. The molecule has 0 aliphatic heterocycles. The first-order chi connectivity index (χ1) is 15.9. The van der Waals surface area contributed by atoms with Crippen LogP contribution in [0.3, 0.4) is 0 Å². The molecule has 0 amide bonds. The van der Waals surface area contributed by atoms with Crippen LogP contribution in [-0.2, 0) is 12.1 Å². The van der Waals surface area contributed by atoms with Crippen LogP contribution in [0.2, 0.25) is 5.02 Å². The lowest BCUT2D eigenvalue weighted by atomic mass is 9.81. The first kappa shape index (κ1) is 21.2. The maximum atomic E-state index is 14.9. The van der Waals surface area contributed by atoms with E-state index in [9.17, 15) is 9.50 Å². The SMILES string of the molecule is CN(Cc1ccc(-c2cc3c(-c4cnc(C5(O)CCC5)s4)c(Cl)cnc3[nH]2)cc1F)C1CC1. The third-order valence-corrected chi connectivity index (χ3v) is 8.39. The first-order valence-corrected chi connectivity index (χ1v) is 12.5. The largest absolute Gasteiger partial charge is 0.383 e. The maximum Gasteiger partial charge on any atom is 0.138 e. The van der Waals surface area contributed by atoms with E-state index in [2.05, 4.69) is 19.9 Å². The van der Waals surface area contributed by atoms with Crippen LogP contribution in [0.4, 0.5) is 4.39 Å². The monoisotopic (exact) mass is 482 g/mol. The summed E-state index contributed by atoms with van der Waals surface area (Å²) >= 11 is 8.03. The molecular formula is C25H24ClFN4OS. The van der Waals surface area contributed by atoms with Gasteiger partial charge in [-0.15, -0.1) is 11.3 Å². The number of fused-ring (bicyclic) bond motifs is 1. The van der Waals surface area contributed by atoms with Gasteiger partial charge < -0.3 is 10.1 Å². The summed E-state index contributed by atoms with van der Waals surface area (Å²) in [5.74, 6) is -0.203. The highest BCUT2D eigenvalue weighted by atomic mass is 35.5. The van der Waals surface area contributed by atoms with Gasteiger partial charge in [0, 0.05) is 52.8 Å². The molecular weight excluding hydrogens is 459 g/mol. The second-order valence-electron chi connectivity index (χ2n) is 9.29. The molecule has 6 rings (SSSR count). The summed E-state index contributed by atoms with van der Waals surface area (Å²) < 4.78 is 14.9. The Morgan fingerprint density at radius 2 is 2.06 bits per heavy atom. The molecule has 2 saturated carbocycles. The van der Waals surface area contributed by atoms with Gasteiger partial charge in [-0.1, -0.05) is 23.7 Å². The van der Waals surface area contributed by atoms with Crippen molar-refractivity contribution in [1.29, 1.82) is 0 Å². The van der Waals surface area contributed by atoms with Gasteiger partial charge in [0.25, 0.3) is 0 Å². The van der Waals surface area contributed by atoms with E-state index in [1.165, 1.54) is 24.2 Å². The molecule has 0 spiro atoms. The van der Waals surface area contributed by atoms with Crippen molar-refractivity contribution in [1.82, 2.24) is 19.9 Å². The van der Waals surface area contributed by atoms with E-state index in [4.69, 9.17) is 11.6 Å². The fourth-order valence-electron chi connectivity index (χ4n) is 4.54. The predicted octanol–water partition coefficient (Wildman–Crippen LogP) is 6.11. The number of aromatic amines is 1. The third-order valence-electron chi connectivity index (χ3n) is 6.90. The quantitative estimate of drug-likeness (QED) is 0.348. The van der Waals surface area contributed by atoms with E-state index < -0.39 is 5.60 Å². The van der Waals surface area contributed by atoms with Crippen LogP contribution in [0.15, 0.2) is 36.7 Å². The summed E-state index contributed by atoms with van der Waals surface area (Å²) in [6, 6.07) is 7.95. The number of H-pyrrole nitrogens is 1. The predicted molar refractivity (Wildman–Crippen MR) is 130 cm³/mol. The van der Waals surface area contributed by atoms with Crippen LogP contribution >= 0.6 is 22.9 Å². The first-order valence-electron chi connectivity index (χ1n) is 11.3. The Morgan fingerprint density at radius 1 is 1.24 bits per heavy atom. The molecule has 3 aromatic heterocycles. The highest BCUT2D eigenvalue weighted by Gasteiger charge is 2.39. The van der Waals surface area contributed by atoms with Gasteiger partial charge in [0.05, 0.1) is 9.90 Å². The van der Waals surface area contributed by atoms with Gasteiger partial charge >= 0.3 is 0 Å². The van der Waals surface area contributed by atoms with Gasteiger partial charge in [-0.25, -0.2) is 14.4 Å². The van der Waals surface area contributed by atoms with Crippen molar-refractivity contribution in [2.24, 2.45) is 0 Å². The molecule has 4 aromatic rings. The second-order valence-corrected chi connectivity index (χ2v) is 10.7. The number of nitrogens with zero attached hydrogens (tertiary/aromatic N) is 3. The Labute approximate surface area is 200 Å². The normalized spacial score (nSPS) is 17.6. The number of hydrogen-bond acceptors (Lipinski definition) is 5. The van der Waals surface area contributed by atoms with Crippen molar-refractivity contribution in [2.75, 3.05) is 7.05 Å². The van der Waals surface area contributed by atoms with E-state index in [1.807, 2.05) is 25.2 Å². The molecule has 170 valence electrons. The lowest BCUT2D eigenvalue weighted by Gasteiger charge is -2.34. The van der Waals surface area contributed by atoms with E-state index in [0.29, 0.717) is 28.8 Å². The zero-order valence-corrected chi connectivity index (χ0v) is 19.8. The minimum absolute atomic E-state index is 0.203. The summed E-state index contributed by atoms with van der Waals surface area (Å²) in [6.45, 7) is 0.616. The number of thiazole rings is 1. The molecule has 5 nitrogen and oxygen atoms in total. The Morgan fingerprint density at radius 3 is 2.76 bits per heavy atom. The van der Waals surface area contributed by atoms with Crippen LogP contribution in [0.5, 0.6) is 0 Å². The molecule has 3 heterocycles. The zero-order chi connectivity index (χ0) is 22.7. The van der Waals surface area contributed by atoms with E-state index in [1.54, 1.807) is 18.5 Å². The smallest absolute Gasteiger partial charge is 0.138 e. The summed E-state index contributed by atoms with van der Waals surface area (Å²) in [5.41, 5.74) is 2.96. The van der Waals surface area contributed by atoms with Crippen molar-refractivity contribution in [2.45, 2.75) is 50.3 Å². The molecule has 2 aliphatic rings. The summed E-state index contributed by atoms with van der Waals surface area (Å²) in [4.78, 5) is 15.3. The molecule has 0 unspecified atom stereocenters. The van der Waals surface area contributed by atoms with Gasteiger partial charge in [-0.05, 0) is 51.3 Å². The minimum Gasteiger partial charge on any atom is -0.383 e. The van der Waals surface area contributed by atoms with Gasteiger partial charge in [-0.2, -0.15) is 0 Å². The van der Waals surface area contributed by atoms with Gasteiger partial charge in [-0.3, -0.25) is 4.90 Å². The topological polar surface area (TPSA) is 65.0 Å². The van der Waals surface area contributed by atoms with E-state index >= 15 is 0 Å². The number of aromatic nitrogens is 3. The number of pyridine rings is 1. The Bertz CT molecular complexity index is 1360. The minimum atomic E-state index is -0.808. The lowest BCUT2D eigenvalue weighted by molar-refractivity contribution is -0.0389. The lowest BCUT2D eigenvalue weighted by Crippen LogP contribution is -2.33. The fraction of sp³-hybridized carbons (Fsp3) is 0.360. The molecule has 0 atom stereocenters. The molecule has 0 bridgehead atoms. The number of aliphatic hydroxyl groups is 1. The number of hydrogen-bond donors (Lipinski definition) is 2. The average Bonchev–Trinajstić information content (AvgIpc) is 3.36. The van der Waals surface area contributed by atoms with Crippen LogP contribution in [0.25, 0.3) is 32.7 Å². The molecule has 33 heavy (non-hydrogen) atoms. The molecule has 0 saturated heterocycles. The third kappa shape index (κ3) is 3.77. The van der Waals surface area contributed by atoms with Gasteiger partial charge in [0.2, 0.25) is 0 Å². The van der Waals surface area contributed by atoms with Crippen molar-refractivity contribution in [3.63, 3.8) is 0 Å². The van der Waals surface area contributed by atoms with Crippen LogP contribution < -0.4 is 0 Å². The fourth-order valence-corrected chi connectivity index (χ4v) is 5.99.